The molecule has 1 amide bonds. The van der Waals surface area contributed by atoms with Crippen LogP contribution >= 0.6 is 0 Å². The lowest BCUT2D eigenvalue weighted by molar-refractivity contribution is -0.126. The quantitative estimate of drug-likeness (QED) is 0.619. The van der Waals surface area contributed by atoms with Crippen LogP contribution in [0.1, 0.15) is 17.2 Å². The number of carbonyl (C=O) groups is 1. The number of nitrogens with one attached hydrogen (secondary N) is 1. The molecule has 1 fully saturated rings. The third-order valence-electron chi connectivity index (χ3n) is 5.04. The molecule has 10 heteroatoms. The molecule has 1 atom stereocenters. The highest BCUT2D eigenvalue weighted by Crippen LogP contribution is 2.23. The highest BCUT2D eigenvalue weighted by molar-refractivity contribution is 7.91. The lowest BCUT2D eigenvalue weighted by atomic mass is 10.0. The Hall–Kier alpha value is -3.11. The van der Waals surface area contributed by atoms with Gasteiger partial charge in [-0.3, -0.25) is 9.69 Å². The van der Waals surface area contributed by atoms with Gasteiger partial charge in [0.05, 0.1) is 11.5 Å². The molecule has 4 rings (SSSR count). The predicted octanol–water partition coefficient (Wildman–Crippen LogP) is 0.750. The summed E-state index contributed by atoms with van der Waals surface area (Å²) < 4.78 is 25.2. The summed E-state index contributed by atoms with van der Waals surface area (Å²) in [4.78, 5) is 23.2. The zero-order valence-corrected chi connectivity index (χ0v) is 17.1. The van der Waals surface area contributed by atoms with Crippen LogP contribution in [0.15, 0.2) is 61.3 Å². The van der Waals surface area contributed by atoms with Crippen molar-refractivity contribution in [3.63, 3.8) is 0 Å². The second kappa shape index (κ2) is 8.72. The summed E-state index contributed by atoms with van der Waals surface area (Å²) in [6.45, 7) is 0.992. The number of hydrogen-bond donors (Lipinski definition) is 1. The smallest absolute Gasteiger partial charge is 0.242 e. The van der Waals surface area contributed by atoms with Crippen LogP contribution in [-0.4, -0.2) is 63.6 Å². The monoisotopic (exact) mass is 426 g/mol. The van der Waals surface area contributed by atoms with E-state index >= 15 is 0 Å². The average Bonchev–Trinajstić information content (AvgIpc) is 3.30. The van der Waals surface area contributed by atoms with Gasteiger partial charge in [0.1, 0.15) is 18.7 Å². The van der Waals surface area contributed by atoms with Crippen LogP contribution in [0.5, 0.6) is 0 Å². The van der Waals surface area contributed by atoms with Crippen molar-refractivity contribution in [3.05, 3.63) is 72.4 Å². The van der Waals surface area contributed by atoms with Gasteiger partial charge < -0.3 is 5.32 Å². The summed E-state index contributed by atoms with van der Waals surface area (Å²) >= 11 is 0. The summed E-state index contributed by atoms with van der Waals surface area (Å²) in [7, 11) is -3.03. The molecular weight excluding hydrogens is 404 g/mol. The average molecular weight is 427 g/mol. The van der Waals surface area contributed by atoms with E-state index in [-0.39, 0.29) is 17.4 Å². The molecule has 1 aromatic carbocycles. The van der Waals surface area contributed by atoms with Crippen LogP contribution in [0.25, 0.3) is 5.82 Å². The second-order valence-electron chi connectivity index (χ2n) is 7.08. The molecule has 0 saturated carbocycles. The van der Waals surface area contributed by atoms with Crippen LogP contribution in [0.2, 0.25) is 0 Å². The maximum atomic E-state index is 13.1. The van der Waals surface area contributed by atoms with Gasteiger partial charge in [-0.2, -0.15) is 5.10 Å². The van der Waals surface area contributed by atoms with Gasteiger partial charge in [0.15, 0.2) is 15.7 Å². The van der Waals surface area contributed by atoms with Gasteiger partial charge in [-0.05, 0) is 17.2 Å². The molecule has 3 heterocycles. The molecule has 1 N–H and O–H groups in total. The van der Waals surface area contributed by atoms with Gasteiger partial charge in [-0.15, -0.1) is 0 Å². The Labute approximate surface area is 174 Å². The molecule has 0 spiro atoms. The molecular formula is C20H22N6O3S. The van der Waals surface area contributed by atoms with Gasteiger partial charge in [0.2, 0.25) is 5.91 Å². The van der Waals surface area contributed by atoms with Crippen LogP contribution in [-0.2, 0) is 21.2 Å². The Morgan fingerprint density at radius 2 is 1.87 bits per heavy atom. The molecule has 30 heavy (non-hydrogen) atoms. The third-order valence-corrected chi connectivity index (χ3v) is 6.65. The summed E-state index contributed by atoms with van der Waals surface area (Å²) in [5, 5.41) is 7.00. The minimum Gasteiger partial charge on any atom is -0.350 e. The van der Waals surface area contributed by atoms with Crippen molar-refractivity contribution in [2.24, 2.45) is 0 Å². The van der Waals surface area contributed by atoms with Gasteiger partial charge in [-0.25, -0.2) is 23.1 Å². The largest absolute Gasteiger partial charge is 0.350 e. The van der Waals surface area contributed by atoms with Gasteiger partial charge in [0, 0.05) is 25.8 Å². The van der Waals surface area contributed by atoms with E-state index in [0.717, 1.165) is 11.1 Å². The van der Waals surface area contributed by atoms with Crippen molar-refractivity contribution in [2.75, 3.05) is 24.6 Å². The Morgan fingerprint density at radius 3 is 2.50 bits per heavy atom. The topological polar surface area (TPSA) is 110 Å². The molecule has 0 aliphatic carbocycles. The number of hydrogen-bond acceptors (Lipinski definition) is 7. The first-order chi connectivity index (χ1) is 14.5. The minimum absolute atomic E-state index is 0.0667. The lowest BCUT2D eigenvalue weighted by Crippen LogP contribution is -2.47. The number of nitrogens with zero attached hydrogens (tertiary/aromatic N) is 5. The van der Waals surface area contributed by atoms with Crippen molar-refractivity contribution < 1.29 is 13.2 Å². The standard InChI is InChI=1S/C20H22N6O3S/c27-20(23-13-16-6-7-18(22-12-16)26-15-21-14-24-26)19(17-4-2-1-3-5-17)25-8-10-30(28,29)11-9-25/h1-7,12,14-15,19H,8-11,13H2,(H,23,27). The van der Waals surface area contributed by atoms with Crippen LogP contribution in [0, 0.1) is 0 Å². The van der Waals surface area contributed by atoms with Crippen molar-refractivity contribution in [1.82, 2.24) is 30.0 Å². The van der Waals surface area contributed by atoms with Crippen molar-refractivity contribution >= 4 is 15.7 Å². The molecule has 1 aliphatic heterocycles. The summed E-state index contributed by atoms with van der Waals surface area (Å²) in [5.41, 5.74) is 1.69. The minimum atomic E-state index is -3.03. The number of amides is 1. The Bertz CT molecular complexity index is 1070. The molecule has 2 aromatic heterocycles. The number of aromatic nitrogens is 4. The van der Waals surface area contributed by atoms with E-state index in [4.69, 9.17) is 0 Å². The third kappa shape index (κ3) is 4.71. The van der Waals surface area contributed by atoms with Gasteiger partial charge in [0.25, 0.3) is 0 Å². The van der Waals surface area contributed by atoms with E-state index in [0.29, 0.717) is 25.5 Å². The molecule has 1 unspecified atom stereocenters. The number of benzene rings is 1. The molecule has 1 saturated heterocycles. The first kappa shape index (κ1) is 20.2. The van der Waals surface area contributed by atoms with Crippen LogP contribution in [0.3, 0.4) is 0 Å². The van der Waals surface area contributed by atoms with Crippen molar-refractivity contribution in [3.8, 4) is 5.82 Å². The number of sulfone groups is 1. The maximum Gasteiger partial charge on any atom is 0.242 e. The SMILES string of the molecule is O=C(NCc1ccc(-n2cncn2)nc1)C(c1ccccc1)N1CCS(=O)(=O)CC1. The van der Waals surface area contributed by atoms with E-state index in [1.165, 1.54) is 6.33 Å². The Kier molecular flexibility index (Phi) is 5.86. The van der Waals surface area contributed by atoms with E-state index in [9.17, 15) is 13.2 Å². The van der Waals surface area contributed by atoms with Crippen molar-refractivity contribution in [1.29, 1.82) is 0 Å². The van der Waals surface area contributed by atoms with E-state index in [2.05, 4.69) is 20.4 Å². The summed E-state index contributed by atoms with van der Waals surface area (Å²) in [6.07, 6.45) is 4.68. The fourth-order valence-corrected chi connectivity index (χ4v) is 4.65. The maximum absolute atomic E-state index is 13.1. The zero-order valence-electron chi connectivity index (χ0n) is 16.3. The normalized spacial score (nSPS) is 17.3. The first-order valence-electron chi connectivity index (χ1n) is 9.59. The fraction of sp³-hybridized carbons (Fsp3) is 0.300. The highest BCUT2D eigenvalue weighted by Gasteiger charge is 2.32. The molecule has 0 bridgehead atoms. The number of pyridine rings is 1. The molecule has 1 aliphatic rings. The summed E-state index contributed by atoms with van der Waals surface area (Å²) in [6, 6.07) is 12.6. The van der Waals surface area contributed by atoms with Gasteiger partial charge >= 0.3 is 0 Å². The first-order valence-corrected chi connectivity index (χ1v) is 11.4. The molecule has 3 aromatic rings. The van der Waals surface area contributed by atoms with E-state index in [1.807, 2.05) is 41.3 Å². The van der Waals surface area contributed by atoms with Crippen LogP contribution in [0.4, 0.5) is 0 Å². The number of rotatable bonds is 6. The summed E-state index contributed by atoms with van der Waals surface area (Å²) in [5.74, 6) is 0.606. The van der Waals surface area contributed by atoms with Crippen molar-refractivity contribution in [2.45, 2.75) is 12.6 Å². The molecule has 0 radical (unpaired) electrons. The van der Waals surface area contributed by atoms with E-state index in [1.54, 1.807) is 23.3 Å². The van der Waals surface area contributed by atoms with E-state index < -0.39 is 15.9 Å². The Morgan fingerprint density at radius 1 is 1.10 bits per heavy atom. The van der Waals surface area contributed by atoms with Crippen LogP contribution < -0.4 is 5.32 Å². The Balaban J connectivity index is 1.45. The molecule has 156 valence electrons. The number of carbonyl (C=O) groups excluding carboxylic acids is 1. The van der Waals surface area contributed by atoms with Gasteiger partial charge in [-0.1, -0.05) is 36.4 Å². The zero-order chi connectivity index (χ0) is 21.0. The predicted molar refractivity (Wildman–Crippen MR) is 110 cm³/mol. The second-order valence-corrected chi connectivity index (χ2v) is 9.39. The fourth-order valence-electron chi connectivity index (χ4n) is 3.42. The molecule has 9 nitrogen and oxygen atoms in total. The highest BCUT2D eigenvalue weighted by atomic mass is 32.2. The lowest BCUT2D eigenvalue weighted by Gasteiger charge is -2.33.